The third kappa shape index (κ3) is 4.04. The van der Waals surface area contributed by atoms with Crippen LogP contribution in [0.2, 0.25) is 0 Å². The number of amides is 1. The number of aromatic nitrogens is 2. The summed E-state index contributed by atoms with van der Waals surface area (Å²) < 4.78 is 27.6. The normalized spacial score (nSPS) is 21.4. The fraction of sp³-hybridized carbons (Fsp3) is 0.500. The predicted octanol–water partition coefficient (Wildman–Crippen LogP) is 2.18. The van der Waals surface area contributed by atoms with Crippen molar-refractivity contribution in [3.8, 4) is 0 Å². The average molecular weight is 373 g/mol. The van der Waals surface area contributed by atoms with Gasteiger partial charge in [-0.3, -0.25) is 9.48 Å². The molecule has 4 rings (SSSR count). The van der Waals surface area contributed by atoms with Gasteiger partial charge in [0, 0.05) is 25.6 Å². The van der Waals surface area contributed by atoms with E-state index in [0.717, 1.165) is 17.7 Å². The minimum Gasteiger partial charge on any atom is -0.381 e. The van der Waals surface area contributed by atoms with E-state index in [4.69, 9.17) is 9.47 Å². The monoisotopic (exact) mass is 373 g/mol. The first-order valence-corrected chi connectivity index (χ1v) is 9.41. The van der Waals surface area contributed by atoms with Crippen LogP contribution in [0.25, 0.3) is 0 Å². The van der Waals surface area contributed by atoms with Crippen LogP contribution in [0.5, 0.6) is 0 Å². The summed E-state index contributed by atoms with van der Waals surface area (Å²) in [4.78, 5) is 12.3. The van der Waals surface area contributed by atoms with Crippen molar-refractivity contribution in [3.63, 3.8) is 0 Å². The molecule has 0 radical (unpaired) electrons. The summed E-state index contributed by atoms with van der Waals surface area (Å²) in [6.45, 7) is 2.02. The molecule has 27 heavy (non-hydrogen) atoms. The van der Waals surface area contributed by atoms with Crippen LogP contribution >= 0.6 is 0 Å². The zero-order valence-electron chi connectivity index (χ0n) is 15.2. The van der Waals surface area contributed by atoms with Gasteiger partial charge < -0.3 is 14.8 Å². The number of benzene rings is 1. The molecule has 2 aliphatic rings. The van der Waals surface area contributed by atoms with Gasteiger partial charge in [-0.2, -0.15) is 5.10 Å². The van der Waals surface area contributed by atoms with Gasteiger partial charge in [-0.15, -0.1) is 0 Å². The molecule has 1 atom stereocenters. The molecule has 6 nitrogen and oxygen atoms in total. The van der Waals surface area contributed by atoms with Gasteiger partial charge >= 0.3 is 0 Å². The SMILES string of the molecule is O=C(NC[C@@H]1OCCc2cn(Cc3ccccc3)nc21)C1(F)CCOCC1. The quantitative estimate of drug-likeness (QED) is 0.873. The van der Waals surface area contributed by atoms with Gasteiger partial charge in [0.2, 0.25) is 0 Å². The first-order valence-electron chi connectivity index (χ1n) is 9.41. The lowest BCUT2D eigenvalue weighted by Gasteiger charge is -2.29. The van der Waals surface area contributed by atoms with Crippen molar-refractivity contribution in [2.75, 3.05) is 26.4 Å². The largest absolute Gasteiger partial charge is 0.381 e. The van der Waals surface area contributed by atoms with Crippen LogP contribution < -0.4 is 5.32 Å². The molecule has 7 heteroatoms. The highest BCUT2D eigenvalue weighted by Gasteiger charge is 2.40. The van der Waals surface area contributed by atoms with Crippen LogP contribution in [0.3, 0.4) is 0 Å². The van der Waals surface area contributed by atoms with Crippen molar-refractivity contribution in [1.29, 1.82) is 0 Å². The Hall–Kier alpha value is -2.25. The molecule has 1 aromatic carbocycles. The number of nitrogens with zero attached hydrogens (tertiary/aromatic N) is 2. The Morgan fingerprint density at radius 1 is 1.26 bits per heavy atom. The van der Waals surface area contributed by atoms with E-state index < -0.39 is 11.6 Å². The topological polar surface area (TPSA) is 65.4 Å². The molecule has 3 heterocycles. The molecule has 2 aliphatic heterocycles. The molecule has 0 spiro atoms. The van der Waals surface area contributed by atoms with E-state index in [1.54, 1.807) is 0 Å². The van der Waals surface area contributed by atoms with E-state index in [0.29, 0.717) is 13.2 Å². The van der Waals surface area contributed by atoms with Gasteiger partial charge in [-0.1, -0.05) is 30.3 Å². The third-order valence-corrected chi connectivity index (χ3v) is 5.19. The smallest absolute Gasteiger partial charge is 0.257 e. The minimum atomic E-state index is -1.84. The highest BCUT2D eigenvalue weighted by molar-refractivity contribution is 5.85. The lowest BCUT2D eigenvalue weighted by atomic mass is 9.95. The van der Waals surface area contributed by atoms with Gasteiger partial charge in [0.15, 0.2) is 5.67 Å². The van der Waals surface area contributed by atoms with E-state index in [-0.39, 0.29) is 38.7 Å². The number of carbonyl (C=O) groups is 1. The van der Waals surface area contributed by atoms with E-state index >= 15 is 0 Å². The highest BCUT2D eigenvalue weighted by Crippen LogP contribution is 2.28. The van der Waals surface area contributed by atoms with E-state index in [2.05, 4.69) is 22.5 Å². The molecule has 1 saturated heterocycles. The molecule has 144 valence electrons. The van der Waals surface area contributed by atoms with Crippen LogP contribution in [0, 0.1) is 0 Å². The summed E-state index contributed by atoms with van der Waals surface area (Å²) >= 11 is 0. The highest BCUT2D eigenvalue weighted by atomic mass is 19.1. The number of hydrogen-bond donors (Lipinski definition) is 1. The second-order valence-corrected chi connectivity index (χ2v) is 7.12. The Bertz CT molecular complexity index is 787. The molecule has 1 N–H and O–H groups in total. The van der Waals surface area contributed by atoms with Crippen LogP contribution in [-0.2, 0) is 27.2 Å². The molecule has 1 fully saturated rings. The number of ether oxygens (including phenoxy) is 2. The first-order chi connectivity index (χ1) is 13.1. The Balaban J connectivity index is 1.41. The average Bonchev–Trinajstić information content (AvgIpc) is 3.10. The molecule has 2 aromatic rings. The summed E-state index contributed by atoms with van der Waals surface area (Å²) in [5.74, 6) is -0.578. The van der Waals surface area contributed by atoms with Gasteiger partial charge in [-0.05, 0) is 17.5 Å². The van der Waals surface area contributed by atoms with E-state index in [1.165, 1.54) is 5.56 Å². The molecule has 0 aliphatic carbocycles. The standard InChI is InChI=1S/C20H24FN3O3/c21-20(7-10-26-11-8-20)19(25)22-12-17-18-16(6-9-27-17)14-24(23-18)13-15-4-2-1-3-5-15/h1-5,14,17H,6-13H2,(H,22,25)/t17-/m0/s1. The van der Waals surface area contributed by atoms with Crippen molar-refractivity contribution < 1.29 is 18.7 Å². The number of halogens is 1. The summed E-state index contributed by atoms with van der Waals surface area (Å²) in [7, 11) is 0. The molecule has 1 aromatic heterocycles. The number of nitrogens with one attached hydrogen (secondary N) is 1. The maximum atomic E-state index is 14.7. The molecular formula is C20H24FN3O3. The Kier molecular flexibility index (Phi) is 5.22. The third-order valence-electron chi connectivity index (χ3n) is 5.19. The van der Waals surface area contributed by atoms with Crippen LogP contribution in [-0.4, -0.2) is 47.7 Å². The summed E-state index contributed by atoms with van der Waals surface area (Å²) in [5.41, 5.74) is 1.28. The molecular weight excluding hydrogens is 349 g/mol. The number of rotatable bonds is 5. The lowest BCUT2D eigenvalue weighted by Crippen LogP contribution is -2.48. The van der Waals surface area contributed by atoms with Crippen molar-refractivity contribution in [2.45, 2.75) is 37.6 Å². The summed E-state index contributed by atoms with van der Waals surface area (Å²) in [6.07, 6.45) is 2.68. The predicted molar refractivity (Wildman–Crippen MR) is 97.1 cm³/mol. The number of carbonyl (C=O) groups excluding carboxylic acids is 1. The molecule has 0 unspecified atom stereocenters. The van der Waals surface area contributed by atoms with Gasteiger partial charge in [0.1, 0.15) is 6.10 Å². The fourth-order valence-electron chi connectivity index (χ4n) is 3.60. The van der Waals surface area contributed by atoms with Gasteiger partial charge in [0.25, 0.3) is 5.91 Å². The lowest BCUT2D eigenvalue weighted by molar-refractivity contribution is -0.139. The minimum absolute atomic E-state index is 0.0985. The zero-order chi connectivity index (χ0) is 18.7. The Labute approximate surface area is 157 Å². The molecule has 0 bridgehead atoms. The number of alkyl halides is 1. The second kappa shape index (κ2) is 7.78. The fourth-order valence-corrected chi connectivity index (χ4v) is 3.60. The first kappa shape index (κ1) is 18.1. The maximum Gasteiger partial charge on any atom is 0.257 e. The van der Waals surface area contributed by atoms with Crippen molar-refractivity contribution in [2.24, 2.45) is 0 Å². The van der Waals surface area contributed by atoms with E-state index in [9.17, 15) is 9.18 Å². The number of fused-ring (bicyclic) bond motifs is 1. The second-order valence-electron chi connectivity index (χ2n) is 7.12. The van der Waals surface area contributed by atoms with Crippen LogP contribution in [0.1, 0.15) is 35.8 Å². The molecule has 0 saturated carbocycles. The van der Waals surface area contributed by atoms with Crippen LogP contribution in [0.4, 0.5) is 4.39 Å². The summed E-state index contributed by atoms with van der Waals surface area (Å²) in [5, 5.41) is 7.38. The summed E-state index contributed by atoms with van der Waals surface area (Å²) in [6, 6.07) is 10.1. The molecule has 1 amide bonds. The number of hydrogen-bond acceptors (Lipinski definition) is 4. The van der Waals surface area contributed by atoms with Gasteiger partial charge in [0.05, 0.1) is 32.1 Å². The zero-order valence-corrected chi connectivity index (χ0v) is 15.2. The maximum absolute atomic E-state index is 14.7. The van der Waals surface area contributed by atoms with Crippen LogP contribution in [0.15, 0.2) is 36.5 Å². The van der Waals surface area contributed by atoms with Crippen molar-refractivity contribution in [3.05, 3.63) is 53.3 Å². The van der Waals surface area contributed by atoms with Gasteiger partial charge in [-0.25, -0.2) is 4.39 Å². The van der Waals surface area contributed by atoms with Crippen molar-refractivity contribution >= 4 is 5.91 Å². The van der Waals surface area contributed by atoms with E-state index in [1.807, 2.05) is 29.1 Å². The Morgan fingerprint density at radius 3 is 2.81 bits per heavy atom. The Morgan fingerprint density at radius 2 is 2.04 bits per heavy atom. The van der Waals surface area contributed by atoms with Crippen molar-refractivity contribution in [1.82, 2.24) is 15.1 Å².